The monoisotopic (exact) mass is 1150 g/mol. The molecular formula is C75H95NO9. The molecule has 22 atom stereocenters. The fraction of sp³-hybridized carbons (Fsp3) is 0.680. The second kappa shape index (κ2) is 20.7. The number of benzene rings is 3. The van der Waals surface area contributed by atoms with Crippen LogP contribution in [-0.4, -0.2) is 91.1 Å². The second-order valence-corrected chi connectivity index (χ2v) is 31.2. The number of hydrogen-bond acceptors (Lipinski definition) is 10. The van der Waals surface area contributed by atoms with E-state index in [1.54, 1.807) is 6.08 Å². The molecule has 0 aromatic heterocycles. The highest BCUT2D eigenvalue weighted by atomic mass is 16.5. The third-order valence-corrected chi connectivity index (χ3v) is 28.0. The highest BCUT2D eigenvalue weighted by molar-refractivity contribution is 5.86. The van der Waals surface area contributed by atoms with Gasteiger partial charge in [0.25, 0.3) is 0 Å². The molecule has 14 aliphatic rings. The van der Waals surface area contributed by atoms with Gasteiger partial charge in [-0.1, -0.05) is 112 Å². The molecule has 454 valence electrons. The van der Waals surface area contributed by atoms with Crippen molar-refractivity contribution >= 4 is 12.3 Å². The van der Waals surface area contributed by atoms with Gasteiger partial charge < -0.3 is 45.5 Å². The minimum Gasteiger partial charge on any atom is -0.454 e. The lowest BCUT2D eigenvalue weighted by Gasteiger charge is -2.75. The number of nitrogens with one attached hydrogen (secondary N) is 1. The summed E-state index contributed by atoms with van der Waals surface area (Å²) in [5.74, 6) is 5.39. The average Bonchev–Trinajstić information content (AvgIpc) is 1.64. The fourth-order valence-corrected chi connectivity index (χ4v) is 24.5. The van der Waals surface area contributed by atoms with Crippen molar-refractivity contribution in [2.45, 2.75) is 222 Å². The summed E-state index contributed by atoms with van der Waals surface area (Å²) in [5.41, 5.74) is -1.56. The van der Waals surface area contributed by atoms with Gasteiger partial charge in [0.15, 0.2) is 0 Å². The quantitative estimate of drug-likeness (QED) is 0.0714. The number of fused-ring (bicyclic) bond motifs is 3. The second-order valence-electron chi connectivity index (χ2n) is 31.2. The van der Waals surface area contributed by atoms with Gasteiger partial charge in [-0.2, -0.15) is 0 Å². The lowest BCUT2D eigenvalue weighted by Crippen LogP contribution is -2.86. The van der Waals surface area contributed by atoms with E-state index in [1.165, 1.54) is 35.1 Å². The van der Waals surface area contributed by atoms with Crippen LogP contribution in [0.3, 0.4) is 0 Å². The van der Waals surface area contributed by atoms with Crippen molar-refractivity contribution in [2.75, 3.05) is 7.05 Å². The van der Waals surface area contributed by atoms with Gasteiger partial charge in [-0.25, -0.2) is 4.79 Å². The normalized spacial score (nSPS) is 46.2. The van der Waals surface area contributed by atoms with Crippen LogP contribution < -0.4 is 5.32 Å². The van der Waals surface area contributed by atoms with E-state index < -0.39 is 86.4 Å². The Hall–Kier alpha value is -4.18. The molecule has 10 heteroatoms. The maximum absolute atomic E-state index is 15.6. The molecule has 85 heavy (non-hydrogen) atoms. The number of carbonyl (C=O) groups is 2. The van der Waals surface area contributed by atoms with Crippen molar-refractivity contribution in [1.29, 1.82) is 0 Å². The van der Waals surface area contributed by atoms with Crippen molar-refractivity contribution in [3.63, 3.8) is 0 Å². The van der Waals surface area contributed by atoms with Crippen LogP contribution in [0, 0.1) is 98.6 Å². The van der Waals surface area contributed by atoms with Crippen molar-refractivity contribution in [3.8, 4) is 11.8 Å². The maximum Gasteiger partial charge on any atom is 0.331 e. The number of carbonyl (C=O) groups excluding carboxylic acids is 2. The van der Waals surface area contributed by atoms with E-state index in [9.17, 15) is 25.2 Å². The molecule has 3 aromatic carbocycles. The molecule has 3 aromatic rings. The fourth-order valence-electron chi connectivity index (χ4n) is 24.5. The Morgan fingerprint density at radius 3 is 2.31 bits per heavy atom. The highest BCUT2D eigenvalue weighted by Crippen LogP contribution is 2.80. The lowest BCUT2D eigenvalue weighted by molar-refractivity contribution is -0.385. The zero-order valence-electron chi connectivity index (χ0n) is 50.8. The van der Waals surface area contributed by atoms with E-state index in [2.05, 4.69) is 85.6 Å². The van der Waals surface area contributed by atoms with Crippen molar-refractivity contribution < 1.29 is 45.0 Å². The van der Waals surface area contributed by atoms with Crippen molar-refractivity contribution in [2.24, 2.45) is 86.8 Å². The van der Waals surface area contributed by atoms with E-state index in [0.29, 0.717) is 57.3 Å². The van der Waals surface area contributed by atoms with Crippen molar-refractivity contribution in [3.05, 3.63) is 117 Å². The first kappa shape index (κ1) is 57.3. The van der Waals surface area contributed by atoms with Crippen LogP contribution in [-0.2, 0) is 40.2 Å². The summed E-state index contributed by atoms with van der Waals surface area (Å²) in [6.07, 6.45) is 16.7. The topological polar surface area (TPSA) is 177 Å². The number of rotatable bonds is 6. The summed E-state index contributed by atoms with van der Waals surface area (Å²) in [4.78, 5) is 29.8. The minimum atomic E-state index is -2.28. The zero-order valence-corrected chi connectivity index (χ0v) is 50.8. The summed E-state index contributed by atoms with van der Waals surface area (Å²) in [6.45, 7) is 4.50. The molecule has 22 unspecified atom stereocenters. The molecule has 1 aliphatic heterocycles. The molecule has 9 fully saturated rings. The molecule has 0 radical (unpaired) electrons. The van der Waals surface area contributed by atoms with Crippen LogP contribution in [0.15, 0.2) is 78.4 Å². The molecule has 17 rings (SSSR count). The minimum absolute atomic E-state index is 0.0617. The van der Waals surface area contributed by atoms with E-state index in [0.717, 1.165) is 99.2 Å². The average molecular weight is 1150 g/mol. The van der Waals surface area contributed by atoms with Crippen LogP contribution in [0.5, 0.6) is 0 Å². The van der Waals surface area contributed by atoms with Gasteiger partial charge in [0, 0.05) is 58.1 Å². The molecule has 0 saturated heterocycles. The summed E-state index contributed by atoms with van der Waals surface area (Å²) in [7, 11) is 1.95. The Balaban J connectivity index is 0.963. The number of esters is 1. The molecule has 10 nitrogen and oxygen atoms in total. The van der Waals surface area contributed by atoms with Gasteiger partial charge in [0.1, 0.15) is 23.6 Å². The summed E-state index contributed by atoms with van der Waals surface area (Å²) in [6, 6.07) is 24.3. The Morgan fingerprint density at radius 1 is 0.776 bits per heavy atom. The number of aliphatic hydroxyl groups is 6. The Kier molecular flexibility index (Phi) is 13.9. The predicted octanol–water partition coefficient (Wildman–Crippen LogP) is 10.6. The number of hydrogen-bond donors (Lipinski definition) is 7. The molecule has 1 heterocycles. The molecule has 15 bridgehead atoms. The smallest absolute Gasteiger partial charge is 0.331 e. The van der Waals surface area contributed by atoms with E-state index >= 15 is 15.0 Å². The van der Waals surface area contributed by atoms with Gasteiger partial charge >= 0.3 is 5.97 Å². The first-order valence-electron chi connectivity index (χ1n) is 34.0. The Morgan fingerprint density at radius 2 is 1.54 bits per heavy atom. The molecule has 3 spiro atoms. The molecule has 7 N–H and O–H groups in total. The summed E-state index contributed by atoms with van der Waals surface area (Å²) < 4.78 is 6.56. The first-order chi connectivity index (χ1) is 41.0. The lowest BCUT2D eigenvalue weighted by atomic mass is 9.32. The number of aldehydes is 1. The van der Waals surface area contributed by atoms with E-state index in [-0.39, 0.29) is 73.3 Å². The van der Waals surface area contributed by atoms with Gasteiger partial charge in [-0.15, -0.1) is 0 Å². The van der Waals surface area contributed by atoms with Gasteiger partial charge in [-0.3, -0.25) is 0 Å². The van der Waals surface area contributed by atoms with Gasteiger partial charge in [0.05, 0.1) is 29.8 Å². The van der Waals surface area contributed by atoms with Crippen LogP contribution in [0.4, 0.5) is 0 Å². The number of likely N-dealkylation sites (N-methyl/N-ethyl adjacent to an activating group) is 1. The SMILES string of the molecule is CCC1c2cccc(c2)CCC2CCC3(C2)CC2(C=O)C4CCC56CC7(C#Cc8cccc(CO)c8CC(NC)C8CC(CC5(O)C4(O)C(O)C4CC(C(C)C5CCCC5)CCC(C3O)C42O)C6C2=CC(=O)OC28)CCC(Cc2cccc1c2)C7. The molecule has 13 aliphatic carbocycles. The summed E-state index contributed by atoms with van der Waals surface area (Å²) >= 11 is 0. The number of aliphatic hydroxyl groups excluding tert-OH is 3. The predicted molar refractivity (Wildman–Crippen MR) is 325 cm³/mol. The maximum atomic E-state index is 15.6. The number of aryl methyl sites for hydroxylation is 1. The van der Waals surface area contributed by atoms with Crippen LogP contribution >= 0.6 is 0 Å². The summed E-state index contributed by atoms with van der Waals surface area (Å²) in [5, 5.41) is 87.9. The van der Waals surface area contributed by atoms with E-state index in [4.69, 9.17) is 4.74 Å². The first-order valence-corrected chi connectivity index (χ1v) is 34.0. The highest BCUT2D eigenvalue weighted by Gasteiger charge is 2.87. The largest absolute Gasteiger partial charge is 0.454 e. The van der Waals surface area contributed by atoms with Gasteiger partial charge in [0.2, 0.25) is 0 Å². The number of ether oxygens (including phenoxy) is 1. The molecule has 0 amide bonds. The molecule has 9 saturated carbocycles. The third kappa shape index (κ3) is 8.13. The Bertz CT molecular complexity index is 3230. The molecular weight excluding hydrogens is 1060 g/mol. The van der Waals surface area contributed by atoms with Crippen molar-refractivity contribution in [1.82, 2.24) is 5.32 Å². The van der Waals surface area contributed by atoms with Crippen LogP contribution in [0.2, 0.25) is 0 Å². The van der Waals surface area contributed by atoms with Crippen LogP contribution in [0.1, 0.15) is 194 Å². The standard InChI is InChI=1S/C75H95NO9/c1-4-56-52-15-7-10-45(31-52)18-19-46-23-28-70(38-46)42-72(43-78)63-25-29-71-41-69(26-22-48(37-69)30-47-11-8-16-53(56)32-47)27-24-50-14-9-17-54(40-77)57(50)35-62(76-3)58-33-55(65(71)59-36-64(79)85-66(58)59)39-73(71,82)75(63,84)68(81)61-34-51(44(2)49-12-5-6-13-49)20-21-60(67(70)80)74(61,72)83/h7-11,14-17,31-32,36,43-44,46,48-49,51,55-56,58,60-63,65-68,76-77,80-84H,4-6,12-13,18-23,25-26,28-30,33-35,37-42H2,1-3H3. The van der Waals surface area contributed by atoms with E-state index in [1.807, 2.05) is 19.2 Å². The third-order valence-electron chi connectivity index (χ3n) is 28.0. The zero-order chi connectivity index (χ0) is 58.6. The van der Waals surface area contributed by atoms with Crippen LogP contribution in [0.25, 0.3) is 0 Å². The Labute approximate surface area is 504 Å². The van der Waals surface area contributed by atoms with Gasteiger partial charge in [-0.05, 0) is 227 Å².